The Bertz CT molecular complexity index is 889. The van der Waals surface area contributed by atoms with Crippen LogP contribution in [-0.4, -0.2) is 8.42 Å². The van der Waals surface area contributed by atoms with Gasteiger partial charge < -0.3 is 11.5 Å². The molecule has 0 atom stereocenters. The van der Waals surface area contributed by atoms with Crippen LogP contribution in [0.15, 0.2) is 45.6 Å². The predicted molar refractivity (Wildman–Crippen MR) is 129 cm³/mol. The molecule has 0 amide bonds. The Morgan fingerprint density at radius 1 is 0.480 bits per heavy atom. The van der Waals surface area contributed by atoms with Crippen molar-refractivity contribution in [3.63, 3.8) is 0 Å². The SMILES string of the molecule is Nc1c(Br)c(Br)c(S(=O)(=O)c2c(Br)c(Br)c(N)c(Br)c2Br)c(Br)c1Br. The Morgan fingerprint density at radius 3 is 0.880 bits per heavy atom. The lowest BCUT2D eigenvalue weighted by Crippen LogP contribution is -2.09. The normalized spacial score (nSPS) is 11.8. The first-order valence-electron chi connectivity index (χ1n) is 5.83. The highest BCUT2D eigenvalue weighted by atomic mass is 79.9. The number of nitrogen functional groups attached to an aromatic ring is 2. The van der Waals surface area contributed by atoms with Crippen molar-refractivity contribution in [1.29, 1.82) is 0 Å². The number of halogens is 8. The van der Waals surface area contributed by atoms with Gasteiger partial charge in [0.1, 0.15) is 9.79 Å². The molecule has 0 saturated heterocycles. The Hall–Kier alpha value is 1.83. The van der Waals surface area contributed by atoms with Crippen LogP contribution >= 0.6 is 127 Å². The molecule has 0 spiro atoms. The Balaban J connectivity index is 3.02. The Morgan fingerprint density at radius 2 is 0.680 bits per heavy atom. The van der Waals surface area contributed by atoms with Gasteiger partial charge in [-0.1, -0.05) is 0 Å². The van der Waals surface area contributed by atoms with Crippen LogP contribution in [0.3, 0.4) is 0 Å². The van der Waals surface area contributed by atoms with E-state index in [0.29, 0.717) is 47.2 Å². The van der Waals surface area contributed by atoms with Crippen molar-refractivity contribution in [2.45, 2.75) is 9.79 Å². The highest BCUT2D eigenvalue weighted by Gasteiger charge is 2.34. The van der Waals surface area contributed by atoms with Crippen LogP contribution in [0.2, 0.25) is 0 Å². The molecule has 2 aromatic carbocycles. The van der Waals surface area contributed by atoms with E-state index in [4.69, 9.17) is 11.5 Å². The minimum absolute atomic E-state index is 0.00502. The minimum Gasteiger partial charge on any atom is -0.397 e. The van der Waals surface area contributed by atoms with Crippen molar-refractivity contribution >= 4 is 149 Å². The van der Waals surface area contributed by atoms with Crippen molar-refractivity contribution in [2.75, 3.05) is 11.5 Å². The third-order valence-electron chi connectivity index (χ3n) is 3.05. The van der Waals surface area contributed by atoms with Gasteiger partial charge in [-0.3, -0.25) is 0 Å². The fraction of sp³-hybridized carbons (Fsp3) is 0. The molecule has 0 aliphatic carbocycles. The molecule has 0 saturated carbocycles. The number of benzene rings is 2. The first kappa shape index (κ1) is 23.1. The van der Waals surface area contributed by atoms with Gasteiger partial charge >= 0.3 is 0 Å². The summed E-state index contributed by atoms with van der Waals surface area (Å²) in [5.41, 5.74) is 12.6. The van der Waals surface area contributed by atoms with Crippen LogP contribution in [-0.2, 0) is 9.84 Å². The molecule has 25 heavy (non-hydrogen) atoms. The molecular formula is C12H4Br8N2O2S. The molecule has 0 heterocycles. The lowest BCUT2D eigenvalue weighted by Gasteiger charge is -2.18. The first-order valence-corrected chi connectivity index (χ1v) is 13.7. The molecule has 4 N–H and O–H groups in total. The van der Waals surface area contributed by atoms with E-state index in [1.165, 1.54) is 0 Å². The summed E-state index contributed by atoms with van der Waals surface area (Å²) in [6, 6.07) is 0. The molecule has 0 aliphatic rings. The summed E-state index contributed by atoms with van der Waals surface area (Å²) in [4.78, 5) is 0.0100. The maximum Gasteiger partial charge on any atom is 0.211 e. The van der Waals surface area contributed by atoms with Gasteiger partial charge in [0.2, 0.25) is 9.84 Å². The number of rotatable bonds is 2. The van der Waals surface area contributed by atoms with Crippen LogP contribution in [0.5, 0.6) is 0 Å². The summed E-state index contributed by atoms with van der Waals surface area (Å²) in [7, 11) is -4.00. The molecule has 2 aromatic rings. The lowest BCUT2D eigenvalue weighted by atomic mass is 10.3. The second-order valence-electron chi connectivity index (χ2n) is 4.50. The highest BCUT2D eigenvalue weighted by Crippen LogP contribution is 2.51. The van der Waals surface area contributed by atoms with Crippen molar-refractivity contribution < 1.29 is 8.42 Å². The van der Waals surface area contributed by atoms with Gasteiger partial charge in [0.25, 0.3) is 0 Å². The van der Waals surface area contributed by atoms with Gasteiger partial charge in [-0.25, -0.2) is 8.42 Å². The molecule has 0 bridgehead atoms. The molecule has 0 aromatic heterocycles. The molecule has 2 rings (SSSR count). The number of anilines is 2. The van der Waals surface area contributed by atoms with Crippen molar-refractivity contribution in [3.05, 3.63) is 35.8 Å². The molecule has 0 aliphatic heterocycles. The van der Waals surface area contributed by atoms with Crippen LogP contribution < -0.4 is 11.5 Å². The minimum atomic E-state index is -4.00. The van der Waals surface area contributed by atoms with E-state index in [2.05, 4.69) is 127 Å². The average Bonchev–Trinajstić information content (AvgIpc) is 2.54. The van der Waals surface area contributed by atoms with Crippen LogP contribution in [0.4, 0.5) is 11.4 Å². The number of nitrogens with two attached hydrogens (primary N) is 2. The Kier molecular flexibility index (Phi) is 7.66. The zero-order valence-electron chi connectivity index (χ0n) is 11.4. The van der Waals surface area contributed by atoms with Crippen molar-refractivity contribution in [1.82, 2.24) is 0 Å². The molecule has 0 unspecified atom stereocenters. The van der Waals surface area contributed by atoms with Crippen LogP contribution in [0.1, 0.15) is 0 Å². The molecular weight excluding hydrogens is 875 g/mol. The van der Waals surface area contributed by atoms with Gasteiger partial charge in [-0.15, -0.1) is 0 Å². The molecule has 0 fully saturated rings. The molecule has 136 valence electrons. The number of hydrogen-bond acceptors (Lipinski definition) is 4. The zero-order valence-corrected chi connectivity index (χ0v) is 24.9. The number of hydrogen-bond donors (Lipinski definition) is 2. The lowest BCUT2D eigenvalue weighted by molar-refractivity contribution is 0.594. The fourth-order valence-corrected chi connectivity index (χ4v) is 10.8. The standard InChI is InChI=1S/C12H4Br8N2O2S/c13-1-5(17)11(6(18)2(14)9(1)21)25(23,24)12-7(19)3(15)10(22)4(16)8(12)20/h21-22H2. The summed E-state index contributed by atoms with van der Waals surface area (Å²) < 4.78 is 29.8. The quantitative estimate of drug-likeness (QED) is 0.239. The second-order valence-corrected chi connectivity index (χ2v) is 12.7. The van der Waals surface area contributed by atoms with E-state index in [-0.39, 0.29) is 9.79 Å². The summed E-state index contributed by atoms with van der Waals surface area (Å²) >= 11 is 26.5. The van der Waals surface area contributed by atoms with E-state index in [1.807, 2.05) is 0 Å². The van der Waals surface area contributed by atoms with Gasteiger partial charge in [-0.2, -0.15) is 0 Å². The maximum atomic E-state index is 13.5. The summed E-state index contributed by atoms with van der Waals surface area (Å²) in [5.74, 6) is 0. The smallest absolute Gasteiger partial charge is 0.211 e. The van der Waals surface area contributed by atoms with Gasteiger partial charge in [0.05, 0.1) is 47.2 Å². The van der Waals surface area contributed by atoms with E-state index in [9.17, 15) is 8.42 Å². The molecule has 4 nitrogen and oxygen atoms in total. The largest absolute Gasteiger partial charge is 0.397 e. The van der Waals surface area contributed by atoms with Gasteiger partial charge in [-0.05, 0) is 127 Å². The van der Waals surface area contributed by atoms with E-state index < -0.39 is 9.84 Å². The summed E-state index contributed by atoms with van der Waals surface area (Å²) in [6.07, 6.45) is 0. The van der Waals surface area contributed by atoms with Crippen molar-refractivity contribution in [2.24, 2.45) is 0 Å². The molecule has 13 heteroatoms. The third-order valence-corrected chi connectivity index (χ3v) is 14.6. The highest BCUT2D eigenvalue weighted by molar-refractivity contribution is 9.14. The van der Waals surface area contributed by atoms with Crippen LogP contribution in [0, 0.1) is 0 Å². The van der Waals surface area contributed by atoms with E-state index >= 15 is 0 Å². The van der Waals surface area contributed by atoms with E-state index in [0.717, 1.165) is 0 Å². The third kappa shape index (κ3) is 3.84. The first-order chi connectivity index (χ1) is 11.4. The summed E-state index contributed by atoms with van der Waals surface area (Å²) in [5, 5.41) is 0. The number of sulfone groups is 1. The predicted octanol–water partition coefficient (Wildman–Crippen LogP) is 7.78. The summed E-state index contributed by atoms with van der Waals surface area (Å²) in [6.45, 7) is 0. The van der Waals surface area contributed by atoms with Crippen LogP contribution in [0.25, 0.3) is 0 Å². The van der Waals surface area contributed by atoms with E-state index in [1.54, 1.807) is 0 Å². The molecule has 0 radical (unpaired) electrons. The Labute approximate surface area is 211 Å². The van der Waals surface area contributed by atoms with Crippen molar-refractivity contribution in [3.8, 4) is 0 Å². The maximum absolute atomic E-state index is 13.5. The monoisotopic (exact) mass is 871 g/mol. The topological polar surface area (TPSA) is 86.2 Å². The fourth-order valence-electron chi connectivity index (χ4n) is 1.83. The second kappa shape index (κ2) is 8.29. The van der Waals surface area contributed by atoms with Gasteiger partial charge in [0, 0.05) is 0 Å². The zero-order chi connectivity index (χ0) is 19.4. The van der Waals surface area contributed by atoms with Gasteiger partial charge in [0.15, 0.2) is 0 Å². The average molecular weight is 879 g/mol.